The SMILES string of the molecule is CCCCCN1C(=O)C(=O)/C(=C(/O)c2ccc(OC)c(C(C)(C)C)c2)C1c1ccccc1C. The van der Waals surface area contributed by atoms with Gasteiger partial charge in [0.25, 0.3) is 11.7 Å². The number of carbonyl (C=O) groups excluding carboxylic acids is 2. The van der Waals surface area contributed by atoms with Crippen LogP contribution >= 0.6 is 0 Å². The van der Waals surface area contributed by atoms with Crippen LogP contribution in [0.5, 0.6) is 5.75 Å². The molecule has 176 valence electrons. The van der Waals surface area contributed by atoms with Crippen molar-refractivity contribution in [3.63, 3.8) is 0 Å². The molecule has 1 fully saturated rings. The standard InChI is InChI=1S/C28H35NO4/c1-7-8-11-16-29-24(20-13-10-9-12-18(20)2)23(26(31)27(29)32)25(30)19-14-15-22(33-6)21(17-19)28(3,4)5/h9-10,12-15,17,24,30H,7-8,11,16H2,1-6H3/b25-23+. The second-order valence-corrected chi connectivity index (χ2v) is 9.72. The van der Waals surface area contributed by atoms with Crippen LogP contribution < -0.4 is 4.74 Å². The highest BCUT2D eigenvalue weighted by molar-refractivity contribution is 6.46. The molecule has 2 aromatic rings. The van der Waals surface area contributed by atoms with Crippen molar-refractivity contribution >= 4 is 17.4 Å². The minimum absolute atomic E-state index is 0.146. The van der Waals surface area contributed by atoms with Gasteiger partial charge in [-0.3, -0.25) is 9.59 Å². The number of nitrogens with zero attached hydrogens (tertiary/aromatic N) is 1. The zero-order chi connectivity index (χ0) is 24.3. The van der Waals surface area contributed by atoms with E-state index >= 15 is 0 Å². The van der Waals surface area contributed by atoms with Gasteiger partial charge in [0.1, 0.15) is 11.5 Å². The fourth-order valence-electron chi connectivity index (χ4n) is 4.46. The summed E-state index contributed by atoms with van der Waals surface area (Å²) in [5.74, 6) is -0.613. The normalized spacial score (nSPS) is 18.1. The number of rotatable bonds is 7. The summed E-state index contributed by atoms with van der Waals surface area (Å²) in [6.45, 7) is 10.7. The molecule has 1 heterocycles. The maximum atomic E-state index is 13.2. The minimum atomic E-state index is -0.634. The van der Waals surface area contributed by atoms with Crippen LogP contribution in [0.1, 0.15) is 75.3 Å². The van der Waals surface area contributed by atoms with Crippen molar-refractivity contribution in [1.29, 1.82) is 0 Å². The third kappa shape index (κ3) is 4.82. The summed E-state index contributed by atoms with van der Waals surface area (Å²) in [4.78, 5) is 27.9. The molecule has 1 amide bonds. The number of ether oxygens (including phenoxy) is 1. The Morgan fingerprint density at radius 2 is 1.79 bits per heavy atom. The van der Waals surface area contributed by atoms with Gasteiger partial charge < -0.3 is 14.7 Å². The maximum Gasteiger partial charge on any atom is 0.295 e. The van der Waals surface area contributed by atoms with Crippen molar-refractivity contribution < 1.29 is 19.4 Å². The summed E-state index contributed by atoms with van der Waals surface area (Å²) < 4.78 is 5.52. The Morgan fingerprint density at radius 3 is 2.39 bits per heavy atom. The number of methoxy groups -OCH3 is 1. The number of likely N-dealkylation sites (tertiary alicyclic amines) is 1. The third-order valence-electron chi connectivity index (χ3n) is 6.31. The third-order valence-corrected chi connectivity index (χ3v) is 6.31. The van der Waals surface area contributed by atoms with Crippen LogP contribution in [0.15, 0.2) is 48.0 Å². The van der Waals surface area contributed by atoms with Gasteiger partial charge in [0.05, 0.1) is 18.7 Å². The summed E-state index contributed by atoms with van der Waals surface area (Å²) in [6, 6.07) is 12.5. The number of hydrogen-bond acceptors (Lipinski definition) is 4. The van der Waals surface area contributed by atoms with Crippen molar-refractivity contribution in [2.75, 3.05) is 13.7 Å². The van der Waals surface area contributed by atoms with Gasteiger partial charge in [0, 0.05) is 17.7 Å². The predicted octanol–water partition coefficient (Wildman–Crippen LogP) is 5.91. The van der Waals surface area contributed by atoms with Gasteiger partial charge in [-0.2, -0.15) is 0 Å². The molecular weight excluding hydrogens is 414 g/mol. The van der Waals surface area contributed by atoms with Crippen LogP contribution in [0.25, 0.3) is 5.76 Å². The van der Waals surface area contributed by atoms with Crippen molar-refractivity contribution in [3.8, 4) is 5.75 Å². The molecule has 5 nitrogen and oxygen atoms in total. The Kier molecular flexibility index (Phi) is 7.31. The van der Waals surface area contributed by atoms with Gasteiger partial charge >= 0.3 is 0 Å². The summed E-state index contributed by atoms with van der Waals surface area (Å²) in [5, 5.41) is 11.4. The van der Waals surface area contributed by atoms with E-state index in [0.717, 1.165) is 41.7 Å². The van der Waals surface area contributed by atoms with Crippen molar-refractivity contribution in [2.24, 2.45) is 0 Å². The van der Waals surface area contributed by atoms with Crippen molar-refractivity contribution in [2.45, 2.75) is 65.3 Å². The van der Waals surface area contributed by atoms with E-state index in [4.69, 9.17) is 4.74 Å². The molecule has 0 bridgehead atoms. The lowest BCUT2D eigenvalue weighted by Gasteiger charge is -2.27. The molecule has 0 spiro atoms. The molecule has 0 aliphatic carbocycles. The number of hydrogen-bond donors (Lipinski definition) is 1. The van der Waals surface area contributed by atoms with Crippen LogP contribution in [0.3, 0.4) is 0 Å². The molecule has 0 aromatic heterocycles. The zero-order valence-corrected chi connectivity index (χ0v) is 20.6. The van der Waals surface area contributed by atoms with Crippen LogP contribution in [-0.4, -0.2) is 35.4 Å². The lowest BCUT2D eigenvalue weighted by molar-refractivity contribution is -0.139. The number of aliphatic hydroxyl groups excluding tert-OH is 1. The monoisotopic (exact) mass is 449 g/mol. The predicted molar refractivity (Wildman–Crippen MR) is 131 cm³/mol. The highest BCUT2D eigenvalue weighted by Crippen LogP contribution is 2.42. The molecule has 3 rings (SSSR count). The summed E-state index contributed by atoms with van der Waals surface area (Å²) in [7, 11) is 1.62. The second-order valence-electron chi connectivity index (χ2n) is 9.72. The lowest BCUT2D eigenvalue weighted by Crippen LogP contribution is -2.31. The first-order chi connectivity index (χ1) is 15.6. The van der Waals surface area contributed by atoms with Gasteiger partial charge in [0.15, 0.2) is 0 Å². The average Bonchev–Trinajstić information content (AvgIpc) is 3.03. The summed E-state index contributed by atoms with van der Waals surface area (Å²) in [6.07, 6.45) is 2.79. The lowest BCUT2D eigenvalue weighted by atomic mass is 9.84. The molecule has 1 aliphatic rings. The summed E-state index contributed by atoms with van der Waals surface area (Å²) in [5.41, 5.74) is 3.17. The Balaban J connectivity index is 2.20. The largest absolute Gasteiger partial charge is 0.507 e. The van der Waals surface area contributed by atoms with Gasteiger partial charge in [-0.05, 0) is 48.1 Å². The highest BCUT2D eigenvalue weighted by Gasteiger charge is 2.46. The Labute approximate surface area is 197 Å². The molecular formula is C28H35NO4. The topological polar surface area (TPSA) is 66.8 Å². The number of aryl methyl sites for hydroxylation is 1. The van der Waals surface area contributed by atoms with Crippen LogP contribution in [-0.2, 0) is 15.0 Å². The average molecular weight is 450 g/mol. The maximum absolute atomic E-state index is 13.2. The molecule has 2 aromatic carbocycles. The fourth-order valence-corrected chi connectivity index (χ4v) is 4.46. The molecule has 1 aliphatic heterocycles. The molecule has 1 saturated heterocycles. The van der Waals surface area contributed by atoms with E-state index in [0.29, 0.717) is 12.1 Å². The molecule has 33 heavy (non-hydrogen) atoms. The number of ketones is 1. The first-order valence-corrected chi connectivity index (χ1v) is 11.6. The Bertz CT molecular complexity index is 1080. The number of unbranched alkanes of at least 4 members (excludes halogenated alkanes) is 2. The van der Waals surface area contributed by atoms with E-state index in [1.54, 1.807) is 24.1 Å². The Hall–Kier alpha value is -3.08. The number of aliphatic hydroxyl groups is 1. The van der Waals surface area contributed by atoms with Gasteiger partial charge in [0.2, 0.25) is 0 Å². The number of benzene rings is 2. The van der Waals surface area contributed by atoms with Crippen molar-refractivity contribution in [3.05, 3.63) is 70.3 Å². The zero-order valence-electron chi connectivity index (χ0n) is 20.6. The number of carbonyl (C=O) groups is 2. The van der Waals surface area contributed by atoms with Crippen LogP contribution in [0, 0.1) is 6.92 Å². The van der Waals surface area contributed by atoms with E-state index in [2.05, 4.69) is 27.7 Å². The van der Waals surface area contributed by atoms with Crippen LogP contribution in [0.2, 0.25) is 0 Å². The van der Waals surface area contributed by atoms with E-state index < -0.39 is 17.7 Å². The first-order valence-electron chi connectivity index (χ1n) is 11.6. The van der Waals surface area contributed by atoms with Gasteiger partial charge in [-0.15, -0.1) is 0 Å². The first kappa shape index (κ1) is 24.6. The van der Waals surface area contributed by atoms with Gasteiger partial charge in [-0.1, -0.05) is 64.8 Å². The molecule has 1 atom stereocenters. The summed E-state index contributed by atoms with van der Waals surface area (Å²) >= 11 is 0. The molecule has 5 heteroatoms. The molecule has 1 N–H and O–H groups in total. The second kappa shape index (κ2) is 9.82. The molecule has 1 unspecified atom stereocenters. The molecule has 0 radical (unpaired) electrons. The van der Waals surface area contributed by atoms with Gasteiger partial charge in [-0.25, -0.2) is 0 Å². The number of amides is 1. The quantitative estimate of drug-likeness (QED) is 0.247. The minimum Gasteiger partial charge on any atom is -0.507 e. The Morgan fingerprint density at radius 1 is 1.09 bits per heavy atom. The van der Waals surface area contributed by atoms with E-state index in [9.17, 15) is 14.7 Å². The van der Waals surface area contributed by atoms with Crippen molar-refractivity contribution in [1.82, 2.24) is 4.90 Å². The van der Waals surface area contributed by atoms with E-state index in [1.807, 2.05) is 37.3 Å². The molecule has 0 saturated carbocycles. The fraction of sp³-hybridized carbons (Fsp3) is 0.429. The van der Waals surface area contributed by atoms with E-state index in [-0.39, 0.29) is 16.7 Å². The number of Topliss-reactive ketones (excluding diaryl/α,β-unsaturated/α-hetero) is 1. The highest BCUT2D eigenvalue weighted by atomic mass is 16.5. The van der Waals surface area contributed by atoms with Crippen LogP contribution in [0.4, 0.5) is 0 Å². The smallest absolute Gasteiger partial charge is 0.295 e. The van der Waals surface area contributed by atoms with E-state index in [1.165, 1.54) is 0 Å².